The van der Waals surface area contributed by atoms with Gasteiger partial charge in [-0.15, -0.1) is 0 Å². The summed E-state index contributed by atoms with van der Waals surface area (Å²) in [4.78, 5) is 22.0. The summed E-state index contributed by atoms with van der Waals surface area (Å²) in [7, 11) is -4.08. The van der Waals surface area contributed by atoms with Crippen LogP contribution < -0.4 is 10.0 Å². The fourth-order valence-electron chi connectivity index (χ4n) is 2.07. The number of sulfonamides is 1. The minimum atomic E-state index is -4.08. The van der Waals surface area contributed by atoms with Crippen molar-refractivity contribution in [3.05, 3.63) is 64.2 Å². The lowest BCUT2D eigenvalue weighted by Crippen LogP contribution is -2.25. The number of hydrogen-bond donors (Lipinski definition) is 2. The first-order chi connectivity index (χ1) is 11.8. The van der Waals surface area contributed by atoms with Gasteiger partial charge in [-0.05, 0) is 24.6 Å². The SMILES string of the molecule is CCCNC(=O)c1ccccc1NS(=O)(=O)c1cccc([N+](=O)[O-])c1. The zero-order valence-electron chi connectivity index (χ0n) is 13.4. The fraction of sp³-hybridized carbons (Fsp3) is 0.188. The summed E-state index contributed by atoms with van der Waals surface area (Å²) in [6, 6.07) is 10.8. The second-order valence-corrected chi connectivity index (χ2v) is 6.84. The number of non-ortho nitro benzene ring substituents is 1. The van der Waals surface area contributed by atoms with Crippen LogP contribution in [0.2, 0.25) is 0 Å². The molecule has 0 fully saturated rings. The van der Waals surface area contributed by atoms with E-state index in [1.54, 1.807) is 12.1 Å². The van der Waals surface area contributed by atoms with E-state index in [-0.39, 0.29) is 21.8 Å². The molecule has 2 N–H and O–H groups in total. The maximum absolute atomic E-state index is 12.5. The zero-order valence-corrected chi connectivity index (χ0v) is 14.2. The summed E-state index contributed by atoms with van der Waals surface area (Å²) in [5, 5.41) is 13.5. The highest BCUT2D eigenvalue weighted by Gasteiger charge is 2.20. The normalized spacial score (nSPS) is 10.9. The highest BCUT2D eigenvalue weighted by atomic mass is 32.2. The molecule has 1 amide bonds. The smallest absolute Gasteiger partial charge is 0.270 e. The van der Waals surface area contributed by atoms with E-state index in [0.29, 0.717) is 6.54 Å². The van der Waals surface area contributed by atoms with Crippen LogP contribution in [0.4, 0.5) is 11.4 Å². The molecule has 0 aromatic heterocycles. The van der Waals surface area contributed by atoms with Gasteiger partial charge in [-0.25, -0.2) is 8.42 Å². The summed E-state index contributed by atoms with van der Waals surface area (Å²) in [6.07, 6.45) is 0.743. The molecule has 0 aliphatic carbocycles. The minimum absolute atomic E-state index is 0.0996. The van der Waals surface area contributed by atoms with Crippen molar-refractivity contribution in [2.75, 3.05) is 11.3 Å². The zero-order chi connectivity index (χ0) is 18.4. The Balaban J connectivity index is 2.34. The number of benzene rings is 2. The topological polar surface area (TPSA) is 118 Å². The van der Waals surface area contributed by atoms with Crippen LogP contribution in [0.5, 0.6) is 0 Å². The van der Waals surface area contributed by atoms with E-state index in [1.165, 1.54) is 30.3 Å². The average molecular weight is 363 g/mol. The Morgan fingerprint density at radius 2 is 1.88 bits per heavy atom. The van der Waals surface area contributed by atoms with E-state index >= 15 is 0 Å². The molecular formula is C16H17N3O5S. The van der Waals surface area contributed by atoms with Crippen LogP contribution in [0.15, 0.2) is 53.4 Å². The molecule has 0 saturated heterocycles. The van der Waals surface area contributed by atoms with Crippen molar-refractivity contribution >= 4 is 27.3 Å². The number of para-hydroxylation sites is 1. The van der Waals surface area contributed by atoms with Crippen LogP contribution in [-0.4, -0.2) is 25.8 Å². The van der Waals surface area contributed by atoms with Crippen molar-refractivity contribution in [3.8, 4) is 0 Å². The highest BCUT2D eigenvalue weighted by Crippen LogP contribution is 2.22. The fourth-order valence-corrected chi connectivity index (χ4v) is 3.19. The first kappa shape index (κ1) is 18.4. The number of anilines is 1. The second kappa shape index (κ2) is 7.75. The molecule has 2 aromatic carbocycles. The third-order valence-electron chi connectivity index (χ3n) is 3.29. The maximum Gasteiger partial charge on any atom is 0.270 e. The first-order valence-corrected chi connectivity index (χ1v) is 8.98. The Bertz CT molecular complexity index is 896. The molecule has 0 unspecified atom stereocenters. The molecule has 0 bridgehead atoms. The van der Waals surface area contributed by atoms with E-state index in [0.717, 1.165) is 12.5 Å². The van der Waals surface area contributed by atoms with Gasteiger partial charge >= 0.3 is 0 Å². The molecule has 132 valence electrons. The Labute approximate surface area is 145 Å². The Kier molecular flexibility index (Phi) is 5.71. The number of amides is 1. The predicted octanol–water partition coefficient (Wildman–Crippen LogP) is 2.54. The maximum atomic E-state index is 12.5. The highest BCUT2D eigenvalue weighted by molar-refractivity contribution is 7.92. The van der Waals surface area contributed by atoms with Gasteiger partial charge in [-0.3, -0.25) is 19.6 Å². The van der Waals surface area contributed by atoms with Crippen LogP contribution >= 0.6 is 0 Å². The number of nitro groups is 1. The summed E-state index contributed by atoms with van der Waals surface area (Å²) in [5.41, 5.74) is -0.0654. The van der Waals surface area contributed by atoms with Crippen LogP contribution in [0.1, 0.15) is 23.7 Å². The van der Waals surface area contributed by atoms with Crippen LogP contribution in [0, 0.1) is 10.1 Å². The molecular weight excluding hydrogens is 346 g/mol. The molecule has 0 spiro atoms. The van der Waals surface area contributed by atoms with Crippen molar-refractivity contribution < 1.29 is 18.1 Å². The molecule has 2 aromatic rings. The standard InChI is InChI=1S/C16H17N3O5S/c1-2-10-17-16(20)14-8-3-4-9-15(14)18-25(23,24)13-7-5-6-12(11-13)19(21)22/h3-9,11,18H,2,10H2,1H3,(H,17,20). The van der Waals surface area contributed by atoms with Gasteiger partial charge in [0, 0.05) is 18.7 Å². The van der Waals surface area contributed by atoms with Gasteiger partial charge in [-0.2, -0.15) is 0 Å². The lowest BCUT2D eigenvalue weighted by Gasteiger charge is -2.12. The molecule has 2 rings (SSSR count). The molecule has 8 nitrogen and oxygen atoms in total. The number of rotatable bonds is 7. The Morgan fingerprint density at radius 1 is 1.16 bits per heavy atom. The summed E-state index contributed by atoms with van der Waals surface area (Å²) in [5.74, 6) is -0.404. The van der Waals surface area contributed by atoms with Gasteiger partial charge in [0.2, 0.25) is 0 Å². The third kappa shape index (κ3) is 4.54. The van der Waals surface area contributed by atoms with Gasteiger partial charge in [-0.1, -0.05) is 25.1 Å². The van der Waals surface area contributed by atoms with Crippen molar-refractivity contribution in [3.63, 3.8) is 0 Å². The Morgan fingerprint density at radius 3 is 2.56 bits per heavy atom. The number of carbonyl (C=O) groups excluding carboxylic acids is 1. The second-order valence-electron chi connectivity index (χ2n) is 5.16. The minimum Gasteiger partial charge on any atom is -0.352 e. The Hall–Kier alpha value is -2.94. The number of nitro benzene ring substituents is 1. The quantitative estimate of drug-likeness (QED) is 0.579. The average Bonchev–Trinajstić information content (AvgIpc) is 2.60. The summed E-state index contributed by atoms with van der Waals surface area (Å²) in [6.45, 7) is 2.36. The third-order valence-corrected chi connectivity index (χ3v) is 4.65. The number of carbonyl (C=O) groups is 1. The van der Waals surface area contributed by atoms with E-state index in [9.17, 15) is 23.3 Å². The molecule has 0 saturated carbocycles. The van der Waals surface area contributed by atoms with Gasteiger partial charge in [0.25, 0.3) is 21.6 Å². The van der Waals surface area contributed by atoms with Gasteiger partial charge in [0.15, 0.2) is 0 Å². The molecule has 0 radical (unpaired) electrons. The molecule has 0 aliphatic rings. The number of nitrogens with one attached hydrogen (secondary N) is 2. The van der Waals surface area contributed by atoms with Gasteiger partial charge < -0.3 is 5.32 Å². The lowest BCUT2D eigenvalue weighted by atomic mass is 10.1. The van der Waals surface area contributed by atoms with E-state index in [2.05, 4.69) is 10.0 Å². The van der Waals surface area contributed by atoms with Gasteiger partial charge in [0.1, 0.15) is 0 Å². The van der Waals surface area contributed by atoms with Crippen molar-refractivity contribution in [1.29, 1.82) is 0 Å². The van der Waals surface area contributed by atoms with Crippen molar-refractivity contribution in [2.45, 2.75) is 18.2 Å². The molecule has 0 heterocycles. The summed E-state index contributed by atoms with van der Waals surface area (Å²) >= 11 is 0. The van der Waals surface area contributed by atoms with Crippen LogP contribution in [0.3, 0.4) is 0 Å². The van der Waals surface area contributed by atoms with Crippen LogP contribution in [0.25, 0.3) is 0 Å². The predicted molar refractivity (Wildman–Crippen MR) is 93.0 cm³/mol. The van der Waals surface area contributed by atoms with E-state index in [1.807, 2.05) is 6.92 Å². The molecule has 9 heteroatoms. The van der Waals surface area contributed by atoms with E-state index < -0.39 is 20.9 Å². The molecule has 0 aliphatic heterocycles. The lowest BCUT2D eigenvalue weighted by molar-refractivity contribution is -0.385. The van der Waals surface area contributed by atoms with Gasteiger partial charge in [0.05, 0.1) is 21.1 Å². The monoisotopic (exact) mass is 363 g/mol. The molecule has 25 heavy (non-hydrogen) atoms. The largest absolute Gasteiger partial charge is 0.352 e. The van der Waals surface area contributed by atoms with Crippen molar-refractivity contribution in [1.82, 2.24) is 5.32 Å². The van der Waals surface area contributed by atoms with Crippen LogP contribution in [-0.2, 0) is 10.0 Å². The number of nitrogens with zero attached hydrogens (tertiary/aromatic N) is 1. The summed E-state index contributed by atoms with van der Waals surface area (Å²) < 4.78 is 27.3. The number of hydrogen-bond acceptors (Lipinski definition) is 5. The van der Waals surface area contributed by atoms with Crippen molar-refractivity contribution in [2.24, 2.45) is 0 Å². The van der Waals surface area contributed by atoms with E-state index in [4.69, 9.17) is 0 Å². The first-order valence-electron chi connectivity index (χ1n) is 7.49. The molecule has 0 atom stereocenters.